The topological polar surface area (TPSA) is 66.4 Å². The van der Waals surface area contributed by atoms with Crippen molar-refractivity contribution in [1.82, 2.24) is 0 Å². The first-order valence-corrected chi connectivity index (χ1v) is 6.75. The summed E-state index contributed by atoms with van der Waals surface area (Å²) in [4.78, 5) is 23.0. The Balaban J connectivity index is 2.17. The highest BCUT2D eigenvalue weighted by Gasteiger charge is 2.10. The lowest BCUT2D eigenvalue weighted by Gasteiger charge is -2.09. The van der Waals surface area contributed by atoms with Crippen molar-refractivity contribution in [2.75, 3.05) is 5.32 Å². The molecule has 0 unspecified atom stereocenters. The summed E-state index contributed by atoms with van der Waals surface area (Å²) in [6, 6.07) is 12.1. The van der Waals surface area contributed by atoms with Crippen molar-refractivity contribution in [3.8, 4) is 0 Å². The fraction of sp³-hybridized carbons (Fsp3) is 0.176. The molecule has 0 atom stereocenters. The maximum absolute atomic E-state index is 12.2. The normalized spacial score (nSPS) is 10.2. The maximum Gasteiger partial charge on any atom is 0.335 e. The van der Waals surface area contributed by atoms with E-state index < -0.39 is 5.97 Å². The van der Waals surface area contributed by atoms with Crippen LogP contribution in [-0.4, -0.2) is 17.0 Å². The third-order valence-electron chi connectivity index (χ3n) is 3.35. The van der Waals surface area contributed by atoms with Crippen LogP contribution in [0.5, 0.6) is 0 Å². The molecule has 0 saturated heterocycles. The second-order valence-electron chi connectivity index (χ2n) is 4.84. The second kappa shape index (κ2) is 6.22. The van der Waals surface area contributed by atoms with Gasteiger partial charge in [0.05, 0.1) is 5.56 Å². The van der Waals surface area contributed by atoms with E-state index in [1.807, 2.05) is 12.1 Å². The predicted molar refractivity (Wildman–Crippen MR) is 81.9 cm³/mol. The van der Waals surface area contributed by atoms with E-state index in [9.17, 15) is 9.59 Å². The molecular weight excluding hydrogens is 266 g/mol. The molecule has 1 amide bonds. The van der Waals surface area contributed by atoms with Crippen molar-refractivity contribution in [3.63, 3.8) is 0 Å². The molecule has 0 aliphatic carbocycles. The van der Waals surface area contributed by atoms with Crippen molar-refractivity contribution < 1.29 is 14.7 Å². The highest BCUT2D eigenvalue weighted by molar-refractivity contribution is 6.04. The lowest BCUT2D eigenvalue weighted by molar-refractivity contribution is 0.0696. The quantitative estimate of drug-likeness (QED) is 0.902. The van der Waals surface area contributed by atoms with Crippen LogP contribution in [0.4, 0.5) is 5.69 Å². The Morgan fingerprint density at radius 3 is 2.19 bits per heavy atom. The van der Waals surface area contributed by atoms with Crippen LogP contribution in [0.1, 0.15) is 38.8 Å². The van der Waals surface area contributed by atoms with Crippen LogP contribution in [0, 0.1) is 6.92 Å². The Kier molecular flexibility index (Phi) is 4.38. The van der Waals surface area contributed by atoms with Gasteiger partial charge in [0.15, 0.2) is 0 Å². The average molecular weight is 283 g/mol. The zero-order valence-corrected chi connectivity index (χ0v) is 12.0. The van der Waals surface area contributed by atoms with E-state index in [0.717, 1.165) is 6.42 Å². The Morgan fingerprint density at radius 2 is 1.67 bits per heavy atom. The SMILES string of the molecule is CCc1ccc(C(=O)Nc2ccc(C(=O)O)cc2C)cc1. The number of aromatic carboxylic acids is 1. The average Bonchev–Trinajstić information content (AvgIpc) is 2.49. The molecule has 2 rings (SSSR count). The van der Waals surface area contributed by atoms with Crippen LogP contribution in [0.3, 0.4) is 0 Å². The smallest absolute Gasteiger partial charge is 0.335 e. The standard InChI is InChI=1S/C17H17NO3/c1-3-12-4-6-13(7-5-12)16(19)18-15-9-8-14(17(20)21)10-11(15)2/h4-10H,3H2,1-2H3,(H,18,19)(H,20,21). The number of carbonyl (C=O) groups is 2. The number of amides is 1. The number of carboxylic acids is 1. The molecular formula is C17H17NO3. The van der Waals surface area contributed by atoms with Gasteiger partial charge in [-0.15, -0.1) is 0 Å². The Bertz CT molecular complexity index is 675. The van der Waals surface area contributed by atoms with Gasteiger partial charge in [-0.05, 0) is 54.8 Å². The molecule has 0 saturated carbocycles. The summed E-state index contributed by atoms with van der Waals surface area (Å²) in [6.45, 7) is 3.82. The minimum atomic E-state index is -0.980. The minimum absolute atomic E-state index is 0.205. The fourth-order valence-electron chi connectivity index (χ4n) is 2.02. The zero-order chi connectivity index (χ0) is 15.4. The van der Waals surface area contributed by atoms with Crippen LogP contribution >= 0.6 is 0 Å². The predicted octanol–water partition coefficient (Wildman–Crippen LogP) is 3.51. The first-order valence-electron chi connectivity index (χ1n) is 6.75. The van der Waals surface area contributed by atoms with Crippen LogP contribution < -0.4 is 5.32 Å². The third kappa shape index (κ3) is 3.48. The molecule has 108 valence electrons. The van der Waals surface area contributed by atoms with Crippen molar-refractivity contribution in [3.05, 3.63) is 64.7 Å². The molecule has 2 aromatic rings. The number of hydrogen-bond acceptors (Lipinski definition) is 2. The van der Waals surface area contributed by atoms with Crippen LogP contribution in [0.2, 0.25) is 0 Å². The van der Waals surface area contributed by atoms with Crippen LogP contribution in [0.15, 0.2) is 42.5 Å². The van der Waals surface area contributed by atoms with E-state index in [2.05, 4.69) is 12.2 Å². The van der Waals surface area contributed by atoms with E-state index in [1.165, 1.54) is 17.7 Å². The number of anilines is 1. The molecule has 0 aliphatic heterocycles. The van der Waals surface area contributed by atoms with E-state index in [-0.39, 0.29) is 11.5 Å². The third-order valence-corrected chi connectivity index (χ3v) is 3.35. The van der Waals surface area contributed by atoms with E-state index in [4.69, 9.17) is 5.11 Å². The van der Waals surface area contributed by atoms with Gasteiger partial charge in [0, 0.05) is 11.3 Å². The Labute approximate surface area is 123 Å². The molecule has 0 bridgehead atoms. The largest absolute Gasteiger partial charge is 0.478 e. The van der Waals surface area contributed by atoms with Crippen LogP contribution in [0.25, 0.3) is 0 Å². The number of carbonyl (C=O) groups excluding carboxylic acids is 1. The number of nitrogens with one attached hydrogen (secondary N) is 1. The summed E-state index contributed by atoms with van der Waals surface area (Å²) in [5.41, 5.74) is 3.29. The first-order chi connectivity index (χ1) is 10.0. The maximum atomic E-state index is 12.2. The van der Waals surface area contributed by atoms with Gasteiger partial charge in [-0.25, -0.2) is 4.79 Å². The lowest BCUT2D eigenvalue weighted by atomic mass is 10.1. The van der Waals surface area contributed by atoms with Crippen molar-refractivity contribution in [1.29, 1.82) is 0 Å². The molecule has 0 aromatic heterocycles. The van der Waals surface area contributed by atoms with Gasteiger partial charge in [-0.2, -0.15) is 0 Å². The van der Waals surface area contributed by atoms with Gasteiger partial charge in [0.2, 0.25) is 0 Å². The van der Waals surface area contributed by atoms with E-state index >= 15 is 0 Å². The summed E-state index contributed by atoms with van der Waals surface area (Å²) in [5.74, 6) is -1.19. The summed E-state index contributed by atoms with van der Waals surface area (Å²) in [5, 5.41) is 11.7. The van der Waals surface area contributed by atoms with Gasteiger partial charge in [-0.3, -0.25) is 4.79 Å². The molecule has 2 N–H and O–H groups in total. The molecule has 0 spiro atoms. The highest BCUT2D eigenvalue weighted by Crippen LogP contribution is 2.18. The van der Waals surface area contributed by atoms with Gasteiger partial charge < -0.3 is 10.4 Å². The van der Waals surface area contributed by atoms with Gasteiger partial charge in [0.25, 0.3) is 5.91 Å². The van der Waals surface area contributed by atoms with Crippen molar-refractivity contribution in [2.45, 2.75) is 20.3 Å². The zero-order valence-electron chi connectivity index (χ0n) is 12.0. The van der Waals surface area contributed by atoms with Crippen molar-refractivity contribution >= 4 is 17.6 Å². The molecule has 4 heteroatoms. The number of benzene rings is 2. The molecule has 0 radical (unpaired) electrons. The summed E-state index contributed by atoms with van der Waals surface area (Å²) >= 11 is 0. The molecule has 0 aliphatic rings. The Hall–Kier alpha value is -2.62. The fourth-order valence-corrected chi connectivity index (χ4v) is 2.02. The van der Waals surface area contributed by atoms with Gasteiger partial charge >= 0.3 is 5.97 Å². The number of carboxylic acid groups (broad SMARTS) is 1. The first kappa shape index (κ1) is 14.8. The lowest BCUT2D eigenvalue weighted by Crippen LogP contribution is -2.13. The van der Waals surface area contributed by atoms with E-state index in [0.29, 0.717) is 16.8 Å². The number of rotatable bonds is 4. The second-order valence-corrected chi connectivity index (χ2v) is 4.84. The number of hydrogen-bond donors (Lipinski definition) is 2. The highest BCUT2D eigenvalue weighted by atomic mass is 16.4. The summed E-state index contributed by atoms with van der Waals surface area (Å²) in [6.07, 6.45) is 0.928. The number of aryl methyl sites for hydroxylation is 2. The Morgan fingerprint density at radius 1 is 1.05 bits per heavy atom. The molecule has 4 nitrogen and oxygen atoms in total. The molecule has 0 fully saturated rings. The summed E-state index contributed by atoms with van der Waals surface area (Å²) < 4.78 is 0. The van der Waals surface area contributed by atoms with Crippen LogP contribution in [-0.2, 0) is 6.42 Å². The van der Waals surface area contributed by atoms with Crippen molar-refractivity contribution in [2.24, 2.45) is 0 Å². The van der Waals surface area contributed by atoms with E-state index in [1.54, 1.807) is 25.1 Å². The van der Waals surface area contributed by atoms with Gasteiger partial charge in [0.1, 0.15) is 0 Å². The summed E-state index contributed by atoms with van der Waals surface area (Å²) in [7, 11) is 0. The minimum Gasteiger partial charge on any atom is -0.478 e. The molecule has 21 heavy (non-hydrogen) atoms. The molecule has 0 heterocycles. The molecule has 2 aromatic carbocycles. The van der Waals surface area contributed by atoms with Gasteiger partial charge in [-0.1, -0.05) is 19.1 Å². The monoisotopic (exact) mass is 283 g/mol.